The van der Waals surface area contributed by atoms with E-state index in [1.54, 1.807) is 6.92 Å². The first-order chi connectivity index (χ1) is 7.59. The van der Waals surface area contributed by atoms with E-state index in [1.807, 2.05) is 0 Å². The Balaban J connectivity index is 2.20. The normalized spacial score (nSPS) is 22.4. The lowest BCUT2D eigenvalue weighted by Crippen LogP contribution is -2.51. The number of nitrogens with one attached hydrogen (secondary N) is 2. The van der Waals surface area contributed by atoms with Crippen molar-refractivity contribution in [1.29, 1.82) is 0 Å². The van der Waals surface area contributed by atoms with Gasteiger partial charge in [0, 0.05) is 19.5 Å². The van der Waals surface area contributed by atoms with Gasteiger partial charge in [-0.15, -0.1) is 0 Å². The first kappa shape index (κ1) is 12.9. The van der Waals surface area contributed by atoms with E-state index in [0.29, 0.717) is 26.3 Å². The Morgan fingerprint density at radius 2 is 2.38 bits per heavy atom. The third-order valence-electron chi connectivity index (χ3n) is 2.39. The monoisotopic (exact) mass is 230 g/mol. The van der Waals surface area contributed by atoms with Crippen LogP contribution in [0.4, 0.5) is 0 Å². The van der Waals surface area contributed by atoms with Gasteiger partial charge in [0.2, 0.25) is 5.91 Å². The fourth-order valence-electron chi connectivity index (χ4n) is 1.50. The molecule has 16 heavy (non-hydrogen) atoms. The largest absolute Gasteiger partial charge is 0.481 e. The fourth-order valence-corrected chi connectivity index (χ4v) is 1.50. The van der Waals surface area contributed by atoms with Crippen LogP contribution in [0.1, 0.15) is 13.3 Å². The maximum atomic E-state index is 11.6. The van der Waals surface area contributed by atoms with Gasteiger partial charge in [-0.2, -0.15) is 0 Å². The van der Waals surface area contributed by atoms with Crippen molar-refractivity contribution in [2.75, 3.05) is 26.3 Å². The Kier molecular flexibility index (Phi) is 5.21. The summed E-state index contributed by atoms with van der Waals surface area (Å²) in [4.78, 5) is 22.0. The summed E-state index contributed by atoms with van der Waals surface area (Å²) in [5.41, 5.74) is 0. The number of carboxylic acids is 1. The lowest BCUT2D eigenvalue weighted by atomic mass is 10.1. The molecule has 0 bridgehead atoms. The number of amides is 1. The third-order valence-corrected chi connectivity index (χ3v) is 2.39. The van der Waals surface area contributed by atoms with Gasteiger partial charge in [-0.1, -0.05) is 6.92 Å². The van der Waals surface area contributed by atoms with Crippen molar-refractivity contribution >= 4 is 11.9 Å². The number of hydrogen-bond acceptors (Lipinski definition) is 4. The second-order valence-electron chi connectivity index (χ2n) is 4.03. The predicted octanol–water partition coefficient (Wildman–Crippen LogP) is -0.798. The Morgan fingerprint density at radius 3 is 2.94 bits per heavy atom. The van der Waals surface area contributed by atoms with Crippen molar-refractivity contribution in [3.8, 4) is 0 Å². The Hall–Kier alpha value is -1.14. The molecular weight excluding hydrogens is 212 g/mol. The number of rotatable bonds is 5. The van der Waals surface area contributed by atoms with Gasteiger partial charge in [-0.3, -0.25) is 9.59 Å². The quantitative estimate of drug-likeness (QED) is 0.575. The second-order valence-corrected chi connectivity index (χ2v) is 4.03. The summed E-state index contributed by atoms with van der Waals surface area (Å²) >= 11 is 0. The molecule has 0 aromatic rings. The van der Waals surface area contributed by atoms with Gasteiger partial charge in [0.15, 0.2) is 0 Å². The molecule has 92 valence electrons. The first-order valence-corrected chi connectivity index (χ1v) is 5.40. The van der Waals surface area contributed by atoms with Gasteiger partial charge >= 0.3 is 5.97 Å². The van der Waals surface area contributed by atoms with E-state index in [-0.39, 0.29) is 24.3 Å². The summed E-state index contributed by atoms with van der Waals surface area (Å²) in [6.45, 7) is 3.84. The van der Waals surface area contributed by atoms with E-state index in [2.05, 4.69) is 10.6 Å². The molecule has 0 aromatic carbocycles. The van der Waals surface area contributed by atoms with Gasteiger partial charge in [0.25, 0.3) is 0 Å². The van der Waals surface area contributed by atoms with Crippen molar-refractivity contribution in [3.63, 3.8) is 0 Å². The average Bonchev–Trinajstić information content (AvgIpc) is 2.26. The SMILES string of the molecule is CC(CNC(=O)C1COCCN1)CC(=O)O. The van der Waals surface area contributed by atoms with Gasteiger partial charge in [-0.05, 0) is 5.92 Å². The highest BCUT2D eigenvalue weighted by Crippen LogP contribution is 2.00. The number of morpholine rings is 1. The van der Waals surface area contributed by atoms with E-state index in [4.69, 9.17) is 9.84 Å². The van der Waals surface area contributed by atoms with Crippen molar-refractivity contribution in [1.82, 2.24) is 10.6 Å². The molecule has 2 unspecified atom stereocenters. The highest BCUT2D eigenvalue weighted by atomic mass is 16.5. The molecule has 1 aliphatic heterocycles. The molecular formula is C10H18N2O4. The molecule has 1 saturated heterocycles. The van der Waals surface area contributed by atoms with E-state index in [9.17, 15) is 9.59 Å². The van der Waals surface area contributed by atoms with E-state index < -0.39 is 5.97 Å². The van der Waals surface area contributed by atoms with Crippen LogP contribution in [0.25, 0.3) is 0 Å². The minimum absolute atomic E-state index is 0.0639. The molecule has 1 heterocycles. The molecule has 0 aromatic heterocycles. The minimum atomic E-state index is -0.846. The van der Waals surface area contributed by atoms with Crippen molar-refractivity contribution in [2.45, 2.75) is 19.4 Å². The zero-order valence-electron chi connectivity index (χ0n) is 9.36. The third kappa shape index (κ3) is 4.59. The van der Waals surface area contributed by atoms with Crippen LogP contribution in [0.3, 0.4) is 0 Å². The maximum Gasteiger partial charge on any atom is 0.303 e. The topological polar surface area (TPSA) is 87.7 Å². The van der Waals surface area contributed by atoms with Crippen LogP contribution in [0.15, 0.2) is 0 Å². The zero-order chi connectivity index (χ0) is 12.0. The second kappa shape index (κ2) is 6.44. The van der Waals surface area contributed by atoms with Crippen LogP contribution in [0.2, 0.25) is 0 Å². The molecule has 1 fully saturated rings. The molecule has 0 saturated carbocycles. The molecule has 6 heteroatoms. The van der Waals surface area contributed by atoms with E-state index in [1.165, 1.54) is 0 Å². The summed E-state index contributed by atoms with van der Waals surface area (Å²) in [5, 5.41) is 14.3. The van der Waals surface area contributed by atoms with Crippen LogP contribution in [-0.2, 0) is 14.3 Å². The lowest BCUT2D eigenvalue weighted by Gasteiger charge is -2.23. The van der Waals surface area contributed by atoms with Crippen LogP contribution in [0.5, 0.6) is 0 Å². The molecule has 1 rings (SSSR count). The molecule has 1 amide bonds. The van der Waals surface area contributed by atoms with Crippen molar-refractivity contribution < 1.29 is 19.4 Å². The Labute approximate surface area is 94.3 Å². The molecule has 3 N–H and O–H groups in total. The molecule has 0 radical (unpaired) electrons. The number of carboxylic acid groups (broad SMARTS) is 1. The maximum absolute atomic E-state index is 11.6. The lowest BCUT2D eigenvalue weighted by molar-refractivity contribution is -0.138. The van der Waals surface area contributed by atoms with Gasteiger partial charge in [-0.25, -0.2) is 0 Å². The fraction of sp³-hybridized carbons (Fsp3) is 0.800. The Morgan fingerprint density at radius 1 is 1.62 bits per heavy atom. The van der Waals surface area contributed by atoms with Gasteiger partial charge in [0.1, 0.15) is 6.04 Å². The van der Waals surface area contributed by atoms with Crippen LogP contribution >= 0.6 is 0 Å². The zero-order valence-corrected chi connectivity index (χ0v) is 9.36. The van der Waals surface area contributed by atoms with Crippen LogP contribution in [0, 0.1) is 5.92 Å². The highest BCUT2D eigenvalue weighted by molar-refractivity contribution is 5.82. The summed E-state index contributed by atoms with van der Waals surface area (Å²) in [6.07, 6.45) is 0.0644. The highest BCUT2D eigenvalue weighted by Gasteiger charge is 2.21. The number of carbonyl (C=O) groups excluding carboxylic acids is 1. The summed E-state index contributed by atoms with van der Waals surface area (Å²) < 4.78 is 5.16. The number of aliphatic carboxylic acids is 1. The molecule has 1 aliphatic rings. The summed E-state index contributed by atoms with van der Waals surface area (Å²) in [7, 11) is 0. The molecule has 6 nitrogen and oxygen atoms in total. The standard InChI is InChI=1S/C10H18N2O4/c1-7(4-9(13)14)5-12-10(15)8-6-16-3-2-11-8/h7-8,11H,2-6H2,1H3,(H,12,15)(H,13,14). The van der Waals surface area contributed by atoms with Crippen molar-refractivity contribution in [2.24, 2.45) is 5.92 Å². The predicted molar refractivity (Wildman–Crippen MR) is 57.0 cm³/mol. The van der Waals surface area contributed by atoms with Gasteiger partial charge in [0.05, 0.1) is 13.2 Å². The van der Waals surface area contributed by atoms with Crippen LogP contribution in [-0.4, -0.2) is 49.3 Å². The molecule has 0 spiro atoms. The summed E-state index contributed by atoms with van der Waals surface area (Å²) in [5.74, 6) is -1.04. The van der Waals surface area contributed by atoms with Crippen molar-refractivity contribution in [3.05, 3.63) is 0 Å². The van der Waals surface area contributed by atoms with Crippen LogP contribution < -0.4 is 10.6 Å². The average molecular weight is 230 g/mol. The number of ether oxygens (including phenoxy) is 1. The van der Waals surface area contributed by atoms with E-state index >= 15 is 0 Å². The minimum Gasteiger partial charge on any atom is -0.481 e. The smallest absolute Gasteiger partial charge is 0.303 e. The molecule has 0 aliphatic carbocycles. The summed E-state index contributed by atoms with van der Waals surface area (Å²) in [6, 6.07) is -0.314. The van der Waals surface area contributed by atoms with E-state index in [0.717, 1.165) is 0 Å². The number of carbonyl (C=O) groups is 2. The Bertz CT molecular complexity index is 251. The first-order valence-electron chi connectivity index (χ1n) is 5.40. The number of hydrogen-bond donors (Lipinski definition) is 3. The van der Waals surface area contributed by atoms with Gasteiger partial charge < -0.3 is 20.5 Å². The molecule has 2 atom stereocenters.